The fourth-order valence-corrected chi connectivity index (χ4v) is 4.57. The zero-order valence-electron chi connectivity index (χ0n) is 21.0. The largest absolute Gasteiger partial charge is 0.417 e. The standard InChI is InChI=1S/C28H21F4N5O2/c1-15-5-7-17(14-21(15)29)36-24(38)19-13-16(6-8-20(19)28(30,31)32)18-9-12-33-23-22(18)27(2,3)25(39)37(23)26-34-10-4-11-35-26/h4-14H,1-3H3,(H,36,38). The highest BCUT2D eigenvalue weighted by Gasteiger charge is 2.48. The first-order chi connectivity index (χ1) is 18.4. The topological polar surface area (TPSA) is 88.1 Å². The van der Waals surface area contributed by atoms with E-state index in [9.17, 15) is 27.2 Å². The number of amides is 2. The third-order valence-corrected chi connectivity index (χ3v) is 6.57. The molecule has 0 bridgehead atoms. The van der Waals surface area contributed by atoms with E-state index in [1.54, 1.807) is 26.0 Å². The summed E-state index contributed by atoms with van der Waals surface area (Å²) in [6.45, 7) is 4.87. The summed E-state index contributed by atoms with van der Waals surface area (Å²) in [5.74, 6) is -1.68. The van der Waals surface area contributed by atoms with Crippen LogP contribution in [0.15, 0.2) is 67.1 Å². The van der Waals surface area contributed by atoms with Gasteiger partial charge in [-0.15, -0.1) is 0 Å². The van der Waals surface area contributed by atoms with Crippen LogP contribution in [0.3, 0.4) is 0 Å². The van der Waals surface area contributed by atoms with Crippen molar-refractivity contribution >= 4 is 29.3 Å². The van der Waals surface area contributed by atoms with Gasteiger partial charge in [0.1, 0.15) is 11.6 Å². The molecule has 198 valence electrons. The lowest BCUT2D eigenvalue weighted by Gasteiger charge is -2.20. The fraction of sp³-hybridized carbons (Fsp3) is 0.179. The maximum Gasteiger partial charge on any atom is 0.417 e. The van der Waals surface area contributed by atoms with Gasteiger partial charge in [0.05, 0.1) is 16.5 Å². The monoisotopic (exact) mass is 535 g/mol. The number of benzene rings is 2. The van der Waals surface area contributed by atoms with Gasteiger partial charge in [-0.1, -0.05) is 12.1 Å². The van der Waals surface area contributed by atoms with Gasteiger partial charge in [-0.05, 0) is 73.9 Å². The minimum atomic E-state index is -4.83. The molecule has 1 aliphatic rings. The van der Waals surface area contributed by atoms with E-state index >= 15 is 0 Å². The number of alkyl halides is 3. The lowest BCUT2D eigenvalue weighted by molar-refractivity contribution is -0.137. The third kappa shape index (κ3) is 4.49. The molecule has 2 aromatic carbocycles. The number of pyridine rings is 1. The molecule has 0 spiro atoms. The van der Waals surface area contributed by atoms with Gasteiger partial charge in [0, 0.05) is 29.8 Å². The molecule has 0 fully saturated rings. The Morgan fingerprint density at radius 3 is 2.36 bits per heavy atom. The highest BCUT2D eigenvalue weighted by atomic mass is 19.4. The zero-order valence-corrected chi connectivity index (χ0v) is 21.0. The lowest BCUT2D eigenvalue weighted by atomic mass is 9.82. The van der Waals surface area contributed by atoms with E-state index in [1.165, 1.54) is 48.6 Å². The van der Waals surface area contributed by atoms with Crippen molar-refractivity contribution in [2.45, 2.75) is 32.4 Å². The van der Waals surface area contributed by atoms with Crippen molar-refractivity contribution in [1.82, 2.24) is 15.0 Å². The predicted octanol–water partition coefficient (Wildman–Crippen LogP) is 6.21. The number of nitrogens with one attached hydrogen (secondary N) is 1. The maximum atomic E-state index is 14.0. The summed E-state index contributed by atoms with van der Waals surface area (Å²) in [5, 5.41) is 2.35. The van der Waals surface area contributed by atoms with Crippen LogP contribution in [0.1, 0.15) is 40.9 Å². The predicted molar refractivity (Wildman–Crippen MR) is 136 cm³/mol. The molecular formula is C28H21F4N5O2. The molecule has 0 saturated heterocycles. The van der Waals surface area contributed by atoms with Crippen molar-refractivity contribution in [2.75, 3.05) is 10.2 Å². The molecule has 11 heteroatoms. The Bertz CT molecular complexity index is 1620. The van der Waals surface area contributed by atoms with E-state index in [4.69, 9.17) is 0 Å². The molecule has 7 nitrogen and oxygen atoms in total. The normalized spacial score (nSPS) is 14.3. The molecule has 3 heterocycles. The summed E-state index contributed by atoms with van der Waals surface area (Å²) in [7, 11) is 0. The molecule has 1 aliphatic heterocycles. The van der Waals surface area contributed by atoms with E-state index < -0.39 is 34.4 Å². The number of fused-ring (bicyclic) bond motifs is 1. The van der Waals surface area contributed by atoms with E-state index in [0.717, 1.165) is 18.2 Å². The number of carbonyl (C=O) groups is 2. The van der Waals surface area contributed by atoms with Crippen molar-refractivity contribution in [3.63, 3.8) is 0 Å². The Morgan fingerprint density at radius 1 is 0.974 bits per heavy atom. The number of aryl methyl sites for hydroxylation is 1. The number of hydrogen-bond donors (Lipinski definition) is 1. The van der Waals surface area contributed by atoms with E-state index in [0.29, 0.717) is 16.7 Å². The number of rotatable bonds is 4. The number of halogens is 4. The lowest BCUT2D eigenvalue weighted by Crippen LogP contribution is -2.34. The first-order valence-electron chi connectivity index (χ1n) is 11.8. The second-order valence-electron chi connectivity index (χ2n) is 9.55. The molecule has 1 N–H and O–H groups in total. The van der Waals surface area contributed by atoms with Crippen LogP contribution in [-0.4, -0.2) is 26.8 Å². The van der Waals surface area contributed by atoms with Crippen LogP contribution in [0, 0.1) is 12.7 Å². The van der Waals surface area contributed by atoms with Crippen LogP contribution in [0.2, 0.25) is 0 Å². The highest BCUT2D eigenvalue weighted by molar-refractivity contribution is 6.12. The molecule has 0 saturated carbocycles. The number of hydrogen-bond acceptors (Lipinski definition) is 5. The van der Waals surface area contributed by atoms with E-state index in [1.807, 2.05) is 0 Å². The summed E-state index contributed by atoms with van der Waals surface area (Å²) in [4.78, 5) is 40.5. The molecule has 2 aromatic heterocycles. The Morgan fingerprint density at radius 2 is 1.69 bits per heavy atom. The number of anilines is 3. The van der Waals surface area contributed by atoms with E-state index in [2.05, 4.69) is 20.3 Å². The van der Waals surface area contributed by atoms with Gasteiger partial charge in [0.2, 0.25) is 11.9 Å². The van der Waals surface area contributed by atoms with Gasteiger partial charge in [-0.3, -0.25) is 9.59 Å². The summed E-state index contributed by atoms with van der Waals surface area (Å²) in [6, 6.07) is 10.2. The van der Waals surface area contributed by atoms with Crippen molar-refractivity contribution < 1.29 is 27.2 Å². The third-order valence-electron chi connectivity index (χ3n) is 6.57. The van der Waals surface area contributed by atoms with Crippen molar-refractivity contribution in [3.05, 3.63) is 95.2 Å². The van der Waals surface area contributed by atoms with Gasteiger partial charge in [-0.25, -0.2) is 24.2 Å². The minimum Gasteiger partial charge on any atom is -0.322 e. The Kier molecular flexibility index (Phi) is 6.16. The molecule has 0 radical (unpaired) electrons. The molecule has 0 aliphatic carbocycles. The summed E-state index contributed by atoms with van der Waals surface area (Å²) in [6.07, 6.45) is -0.456. The van der Waals surface area contributed by atoms with Gasteiger partial charge in [-0.2, -0.15) is 13.2 Å². The Labute approximate surface area is 220 Å². The van der Waals surface area contributed by atoms with Crippen molar-refractivity contribution in [2.24, 2.45) is 0 Å². The summed E-state index contributed by atoms with van der Waals surface area (Å²) < 4.78 is 55.7. The molecule has 0 unspecified atom stereocenters. The van der Waals surface area contributed by atoms with Gasteiger partial charge in [0.15, 0.2) is 0 Å². The number of aromatic nitrogens is 3. The molecule has 39 heavy (non-hydrogen) atoms. The Balaban J connectivity index is 1.64. The fourth-order valence-electron chi connectivity index (χ4n) is 4.57. The van der Waals surface area contributed by atoms with Crippen LogP contribution >= 0.6 is 0 Å². The van der Waals surface area contributed by atoms with Crippen LogP contribution in [0.5, 0.6) is 0 Å². The zero-order chi connectivity index (χ0) is 28.1. The molecule has 5 rings (SSSR count). The highest BCUT2D eigenvalue weighted by Crippen LogP contribution is 2.48. The Hall–Kier alpha value is -4.67. The smallest absolute Gasteiger partial charge is 0.322 e. The van der Waals surface area contributed by atoms with Crippen molar-refractivity contribution in [1.29, 1.82) is 0 Å². The summed E-state index contributed by atoms with van der Waals surface area (Å²) in [5.41, 5.74) is -1.48. The molecule has 2 amide bonds. The average Bonchev–Trinajstić information content (AvgIpc) is 3.11. The number of carbonyl (C=O) groups excluding carboxylic acids is 2. The molecular weight excluding hydrogens is 514 g/mol. The van der Waals surface area contributed by atoms with Gasteiger partial charge >= 0.3 is 6.18 Å². The molecule has 4 aromatic rings. The average molecular weight is 536 g/mol. The quantitative estimate of drug-likeness (QED) is 0.314. The van der Waals surface area contributed by atoms with Gasteiger partial charge in [0.25, 0.3) is 5.91 Å². The number of nitrogens with zero attached hydrogens (tertiary/aromatic N) is 4. The van der Waals surface area contributed by atoms with Crippen LogP contribution in [0.25, 0.3) is 11.1 Å². The first-order valence-corrected chi connectivity index (χ1v) is 11.8. The summed E-state index contributed by atoms with van der Waals surface area (Å²) >= 11 is 0. The SMILES string of the molecule is Cc1ccc(NC(=O)c2cc(-c3ccnc4c3C(C)(C)C(=O)N4c3ncccn3)ccc2C(F)(F)F)cc1F. The second-order valence-corrected chi connectivity index (χ2v) is 9.55. The van der Waals surface area contributed by atoms with Crippen LogP contribution in [0.4, 0.5) is 35.0 Å². The van der Waals surface area contributed by atoms with E-state index in [-0.39, 0.29) is 28.9 Å². The minimum absolute atomic E-state index is 0.0108. The first kappa shape index (κ1) is 26.0. The van der Waals surface area contributed by atoms with Crippen molar-refractivity contribution in [3.8, 4) is 11.1 Å². The maximum absolute atomic E-state index is 14.0. The van der Waals surface area contributed by atoms with Crippen LogP contribution in [-0.2, 0) is 16.4 Å². The van der Waals surface area contributed by atoms with Crippen LogP contribution < -0.4 is 10.2 Å². The second kappa shape index (κ2) is 9.26. The van der Waals surface area contributed by atoms with Gasteiger partial charge < -0.3 is 5.32 Å². The molecule has 0 atom stereocenters.